The van der Waals surface area contributed by atoms with E-state index in [1.807, 2.05) is 13.0 Å². The number of amides is 1. The molecule has 0 aromatic heterocycles. The first kappa shape index (κ1) is 15.6. The second-order valence-electron chi connectivity index (χ2n) is 5.75. The number of benzene rings is 1. The number of hydrogen-bond donors (Lipinski definition) is 0. The number of anilines is 1. The molecule has 1 fully saturated rings. The Balaban J connectivity index is 2.07. The van der Waals surface area contributed by atoms with E-state index >= 15 is 0 Å². The number of para-hydroxylation sites is 1. The molecule has 1 amide bonds. The molecule has 2 atom stereocenters. The SMILES string of the molecule is CCCC1COC2(C=CC(=O)C(F)=C2)N(c2ccccc2)C1=O. The van der Waals surface area contributed by atoms with Crippen LogP contribution in [0.1, 0.15) is 19.8 Å². The van der Waals surface area contributed by atoms with Crippen molar-refractivity contribution in [1.29, 1.82) is 0 Å². The average Bonchev–Trinajstić information content (AvgIpc) is 2.55. The second-order valence-corrected chi connectivity index (χ2v) is 5.75. The summed E-state index contributed by atoms with van der Waals surface area (Å²) in [6.07, 6.45) is 5.22. The maximum atomic E-state index is 13.9. The van der Waals surface area contributed by atoms with E-state index in [4.69, 9.17) is 4.74 Å². The quantitative estimate of drug-likeness (QED) is 0.861. The van der Waals surface area contributed by atoms with Crippen LogP contribution >= 0.6 is 0 Å². The van der Waals surface area contributed by atoms with E-state index in [9.17, 15) is 14.0 Å². The molecule has 120 valence electrons. The van der Waals surface area contributed by atoms with Gasteiger partial charge in [0.2, 0.25) is 11.7 Å². The molecule has 2 unspecified atom stereocenters. The highest BCUT2D eigenvalue weighted by molar-refractivity contribution is 6.05. The minimum absolute atomic E-state index is 0.118. The Labute approximate surface area is 134 Å². The summed E-state index contributed by atoms with van der Waals surface area (Å²) in [6, 6.07) is 8.99. The lowest BCUT2D eigenvalue weighted by molar-refractivity contribution is -0.138. The highest BCUT2D eigenvalue weighted by atomic mass is 19.1. The van der Waals surface area contributed by atoms with Gasteiger partial charge in [-0.2, -0.15) is 0 Å². The van der Waals surface area contributed by atoms with E-state index < -0.39 is 17.3 Å². The molecule has 0 saturated carbocycles. The van der Waals surface area contributed by atoms with Gasteiger partial charge in [-0.1, -0.05) is 31.5 Å². The van der Waals surface area contributed by atoms with E-state index in [1.165, 1.54) is 11.0 Å². The van der Waals surface area contributed by atoms with Crippen LogP contribution in [0.3, 0.4) is 0 Å². The Morgan fingerprint density at radius 1 is 1.30 bits per heavy atom. The summed E-state index contributed by atoms with van der Waals surface area (Å²) < 4.78 is 19.8. The zero-order chi connectivity index (χ0) is 16.4. The molecule has 2 aliphatic rings. The zero-order valence-electron chi connectivity index (χ0n) is 12.9. The van der Waals surface area contributed by atoms with Gasteiger partial charge in [-0.15, -0.1) is 0 Å². The van der Waals surface area contributed by atoms with Gasteiger partial charge in [0.15, 0.2) is 11.6 Å². The lowest BCUT2D eigenvalue weighted by Crippen LogP contribution is -2.59. The molecule has 0 radical (unpaired) electrons. The van der Waals surface area contributed by atoms with Crippen LogP contribution in [0, 0.1) is 5.92 Å². The highest BCUT2D eigenvalue weighted by Gasteiger charge is 2.47. The highest BCUT2D eigenvalue weighted by Crippen LogP contribution is 2.37. The molecule has 1 saturated heterocycles. The average molecular weight is 315 g/mol. The third-order valence-electron chi connectivity index (χ3n) is 4.13. The molecule has 4 nitrogen and oxygen atoms in total. The Morgan fingerprint density at radius 2 is 2.04 bits per heavy atom. The van der Waals surface area contributed by atoms with E-state index in [0.717, 1.165) is 18.6 Å². The number of halogens is 1. The van der Waals surface area contributed by atoms with Crippen molar-refractivity contribution >= 4 is 17.4 Å². The van der Waals surface area contributed by atoms with Gasteiger partial charge < -0.3 is 4.74 Å². The maximum Gasteiger partial charge on any atom is 0.235 e. The molecule has 1 aliphatic carbocycles. The molecule has 1 spiro atoms. The van der Waals surface area contributed by atoms with E-state index in [0.29, 0.717) is 12.1 Å². The van der Waals surface area contributed by atoms with Gasteiger partial charge in [-0.3, -0.25) is 14.5 Å². The van der Waals surface area contributed by atoms with Crippen molar-refractivity contribution < 1.29 is 18.7 Å². The van der Waals surface area contributed by atoms with Crippen LogP contribution in [-0.2, 0) is 14.3 Å². The van der Waals surface area contributed by atoms with Crippen LogP contribution in [0.15, 0.2) is 54.4 Å². The van der Waals surface area contributed by atoms with Gasteiger partial charge in [0.1, 0.15) is 0 Å². The molecule has 1 aromatic carbocycles. The van der Waals surface area contributed by atoms with Crippen LogP contribution in [0.5, 0.6) is 0 Å². The van der Waals surface area contributed by atoms with Crippen molar-refractivity contribution in [2.75, 3.05) is 11.5 Å². The summed E-state index contributed by atoms with van der Waals surface area (Å²) in [7, 11) is 0. The van der Waals surface area contributed by atoms with Crippen molar-refractivity contribution in [2.45, 2.75) is 25.5 Å². The fourth-order valence-corrected chi connectivity index (χ4v) is 2.99. The second kappa shape index (κ2) is 6.08. The fraction of sp³-hybridized carbons (Fsp3) is 0.333. The Morgan fingerprint density at radius 3 is 2.70 bits per heavy atom. The monoisotopic (exact) mass is 315 g/mol. The predicted molar refractivity (Wildman–Crippen MR) is 84.3 cm³/mol. The molecule has 0 N–H and O–H groups in total. The molecule has 1 aliphatic heterocycles. The molecule has 1 heterocycles. The Kier molecular flexibility index (Phi) is 4.13. The topological polar surface area (TPSA) is 46.6 Å². The zero-order valence-corrected chi connectivity index (χ0v) is 12.9. The van der Waals surface area contributed by atoms with Gasteiger partial charge in [0.05, 0.1) is 12.5 Å². The number of carbonyl (C=O) groups excluding carboxylic acids is 2. The van der Waals surface area contributed by atoms with Gasteiger partial charge in [-0.05, 0) is 30.7 Å². The summed E-state index contributed by atoms with van der Waals surface area (Å²) >= 11 is 0. The van der Waals surface area contributed by atoms with Crippen LogP contribution in [-0.4, -0.2) is 24.0 Å². The predicted octanol–water partition coefficient (Wildman–Crippen LogP) is 3.15. The van der Waals surface area contributed by atoms with Gasteiger partial charge in [0, 0.05) is 11.8 Å². The smallest absolute Gasteiger partial charge is 0.235 e. The molecule has 23 heavy (non-hydrogen) atoms. The molecule has 3 rings (SSSR count). The minimum Gasteiger partial charge on any atom is -0.347 e. The van der Waals surface area contributed by atoms with Crippen LogP contribution in [0.25, 0.3) is 0 Å². The third kappa shape index (κ3) is 2.72. The Hall–Kier alpha value is -2.27. The summed E-state index contributed by atoms with van der Waals surface area (Å²) in [5, 5.41) is 0. The lowest BCUT2D eigenvalue weighted by atomic mass is 9.94. The number of rotatable bonds is 3. The van der Waals surface area contributed by atoms with Crippen LogP contribution in [0.4, 0.5) is 10.1 Å². The minimum atomic E-state index is -1.37. The number of carbonyl (C=O) groups is 2. The standard InChI is InChI=1S/C18H18FNO3/c1-2-6-13-12-23-18(10-9-16(21)15(19)11-18)20(17(13)22)14-7-4-3-5-8-14/h3-5,7-11,13H,2,6,12H2,1H3. The first-order chi connectivity index (χ1) is 11.1. The summed E-state index contributed by atoms with van der Waals surface area (Å²) in [5.74, 6) is -2.01. The van der Waals surface area contributed by atoms with E-state index in [2.05, 4.69) is 0 Å². The molecule has 5 heteroatoms. The lowest BCUT2D eigenvalue weighted by Gasteiger charge is -2.46. The van der Waals surface area contributed by atoms with Crippen LogP contribution < -0.4 is 4.90 Å². The first-order valence-corrected chi connectivity index (χ1v) is 7.72. The number of ketones is 1. The summed E-state index contributed by atoms with van der Waals surface area (Å²) in [5.41, 5.74) is -0.762. The van der Waals surface area contributed by atoms with Crippen molar-refractivity contribution in [3.05, 3.63) is 54.4 Å². The van der Waals surface area contributed by atoms with Gasteiger partial charge in [-0.25, -0.2) is 4.39 Å². The largest absolute Gasteiger partial charge is 0.347 e. The molecule has 1 aromatic rings. The molecular weight excluding hydrogens is 297 g/mol. The number of ether oxygens (including phenoxy) is 1. The maximum absolute atomic E-state index is 13.9. The van der Waals surface area contributed by atoms with Crippen molar-refractivity contribution in [1.82, 2.24) is 0 Å². The normalized spacial score (nSPS) is 27.5. The van der Waals surface area contributed by atoms with Crippen molar-refractivity contribution in [2.24, 2.45) is 5.92 Å². The van der Waals surface area contributed by atoms with E-state index in [1.54, 1.807) is 24.3 Å². The molecule has 0 bridgehead atoms. The van der Waals surface area contributed by atoms with Gasteiger partial charge in [0.25, 0.3) is 0 Å². The Bertz CT molecular complexity index is 683. The summed E-state index contributed by atoms with van der Waals surface area (Å²) in [4.78, 5) is 25.8. The number of allylic oxidation sites excluding steroid dienone is 2. The number of nitrogens with zero attached hydrogens (tertiary/aromatic N) is 1. The third-order valence-corrected chi connectivity index (χ3v) is 4.13. The first-order valence-electron chi connectivity index (χ1n) is 7.72. The van der Waals surface area contributed by atoms with Crippen molar-refractivity contribution in [3.8, 4) is 0 Å². The van der Waals surface area contributed by atoms with E-state index in [-0.39, 0.29) is 18.4 Å². The fourth-order valence-electron chi connectivity index (χ4n) is 2.99. The molecular formula is C18H18FNO3. The van der Waals surface area contributed by atoms with Crippen molar-refractivity contribution in [3.63, 3.8) is 0 Å². The van der Waals surface area contributed by atoms with Gasteiger partial charge >= 0.3 is 0 Å². The summed E-state index contributed by atoms with van der Waals surface area (Å²) in [6.45, 7) is 2.21. The number of hydrogen-bond acceptors (Lipinski definition) is 3. The van der Waals surface area contributed by atoms with Crippen LogP contribution in [0.2, 0.25) is 0 Å².